The van der Waals surface area contributed by atoms with Crippen molar-refractivity contribution < 1.29 is 13.9 Å². The molecule has 41 heavy (non-hydrogen) atoms. The summed E-state index contributed by atoms with van der Waals surface area (Å²) >= 11 is 0. The van der Waals surface area contributed by atoms with Gasteiger partial charge in [0, 0.05) is 55.7 Å². The second-order valence-electron chi connectivity index (χ2n) is 11.2. The third kappa shape index (κ3) is 5.29. The number of halogens is 1. The lowest BCUT2D eigenvalue weighted by Crippen LogP contribution is -2.39. The SMILES string of the molecule is CNC(=O)c1cc(C)c(F)c(-c2cnn3cc(-c4cnn(C5CCN(C(C)C)CC5)n4)c(N[C@H]4CCOC4)nc23)c1. The monoisotopic (exact) mass is 561 g/mol. The Bertz CT molecular complexity index is 1570. The normalized spacial score (nSPS) is 18.4. The number of aromatic nitrogens is 6. The van der Waals surface area contributed by atoms with Gasteiger partial charge in [0.15, 0.2) is 5.65 Å². The number of nitrogens with one attached hydrogen (secondary N) is 2. The number of benzene rings is 1. The summed E-state index contributed by atoms with van der Waals surface area (Å²) in [6.45, 7) is 9.39. The highest BCUT2D eigenvalue weighted by Gasteiger charge is 2.26. The topological polar surface area (TPSA) is 114 Å². The molecule has 1 amide bonds. The van der Waals surface area contributed by atoms with Crippen LogP contribution in [0.4, 0.5) is 10.2 Å². The molecule has 216 valence electrons. The van der Waals surface area contributed by atoms with Crippen LogP contribution in [0, 0.1) is 12.7 Å². The van der Waals surface area contributed by atoms with E-state index in [1.807, 2.05) is 11.0 Å². The molecule has 0 spiro atoms. The van der Waals surface area contributed by atoms with Crippen LogP contribution in [0.2, 0.25) is 0 Å². The molecule has 2 aliphatic rings. The summed E-state index contributed by atoms with van der Waals surface area (Å²) in [4.78, 5) is 21.6. The van der Waals surface area contributed by atoms with Gasteiger partial charge in [-0.05, 0) is 57.7 Å². The summed E-state index contributed by atoms with van der Waals surface area (Å²) < 4.78 is 22.6. The molecule has 2 aliphatic heterocycles. The van der Waals surface area contributed by atoms with Gasteiger partial charge in [-0.3, -0.25) is 4.79 Å². The Kier molecular flexibility index (Phi) is 7.43. The minimum Gasteiger partial charge on any atom is -0.379 e. The predicted octanol–water partition coefficient (Wildman–Crippen LogP) is 3.71. The maximum absolute atomic E-state index is 15.4. The summed E-state index contributed by atoms with van der Waals surface area (Å²) in [7, 11) is 1.55. The lowest BCUT2D eigenvalue weighted by Gasteiger charge is -2.34. The number of likely N-dealkylation sites (tertiary alicyclic amines) is 1. The molecule has 2 saturated heterocycles. The van der Waals surface area contributed by atoms with E-state index in [0.717, 1.165) is 37.9 Å². The molecule has 4 aromatic rings. The van der Waals surface area contributed by atoms with Crippen LogP contribution < -0.4 is 10.6 Å². The number of fused-ring (bicyclic) bond motifs is 1. The average molecular weight is 562 g/mol. The molecule has 12 heteroatoms. The number of nitrogens with zero attached hydrogens (tertiary/aromatic N) is 7. The van der Waals surface area contributed by atoms with Crippen LogP contribution in [-0.2, 0) is 4.74 Å². The van der Waals surface area contributed by atoms with Gasteiger partial charge in [0.2, 0.25) is 0 Å². The zero-order valence-electron chi connectivity index (χ0n) is 23.9. The Balaban J connectivity index is 1.39. The maximum Gasteiger partial charge on any atom is 0.251 e. The van der Waals surface area contributed by atoms with Gasteiger partial charge in [-0.15, -0.1) is 0 Å². The largest absolute Gasteiger partial charge is 0.379 e. The Morgan fingerprint density at radius 3 is 2.61 bits per heavy atom. The fourth-order valence-corrected chi connectivity index (χ4v) is 5.69. The molecule has 1 aromatic carbocycles. The van der Waals surface area contributed by atoms with Gasteiger partial charge >= 0.3 is 0 Å². The van der Waals surface area contributed by atoms with Crippen molar-refractivity contribution in [2.45, 2.75) is 58.2 Å². The highest BCUT2D eigenvalue weighted by atomic mass is 19.1. The number of anilines is 1. The average Bonchev–Trinajstić information content (AvgIpc) is 3.75. The first-order valence-electron chi connectivity index (χ1n) is 14.2. The van der Waals surface area contributed by atoms with E-state index in [4.69, 9.17) is 14.8 Å². The lowest BCUT2D eigenvalue weighted by atomic mass is 10.0. The molecule has 6 rings (SSSR count). The number of hydrogen-bond acceptors (Lipinski definition) is 8. The van der Waals surface area contributed by atoms with E-state index in [1.165, 1.54) is 6.07 Å². The van der Waals surface area contributed by atoms with E-state index < -0.39 is 5.82 Å². The van der Waals surface area contributed by atoms with Crippen molar-refractivity contribution in [3.63, 3.8) is 0 Å². The van der Waals surface area contributed by atoms with Crippen molar-refractivity contribution in [2.75, 3.05) is 38.7 Å². The zero-order valence-corrected chi connectivity index (χ0v) is 23.9. The van der Waals surface area contributed by atoms with E-state index >= 15 is 4.39 Å². The molecule has 3 aromatic heterocycles. The van der Waals surface area contributed by atoms with Crippen molar-refractivity contribution in [2.24, 2.45) is 0 Å². The molecule has 0 unspecified atom stereocenters. The van der Waals surface area contributed by atoms with Gasteiger partial charge < -0.3 is 20.3 Å². The van der Waals surface area contributed by atoms with E-state index in [2.05, 4.69) is 39.6 Å². The molecule has 2 fully saturated rings. The summed E-state index contributed by atoms with van der Waals surface area (Å²) in [5, 5.41) is 20.2. The highest BCUT2D eigenvalue weighted by Crippen LogP contribution is 2.34. The standard InChI is InChI=1S/C29H36FN9O2/c1-17(2)37-8-5-21(6-9-37)39-33-14-25(36-39)24-15-38-28(35-27(24)34-20-7-10-41-16-20)23(13-32-38)22-12-19(29(40)31-4)11-18(3)26(22)30/h11-15,17,20-21H,5-10,16H2,1-4H3,(H,31,40)(H,34,35)/t20-/m0/s1. The van der Waals surface area contributed by atoms with E-state index in [0.29, 0.717) is 53.1 Å². The fourth-order valence-electron chi connectivity index (χ4n) is 5.69. The van der Waals surface area contributed by atoms with Gasteiger partial charge in [-0.1, -0.05) is 0 Å². The predicted molar refractivity (Wildman–Crippen MR) is 153 cm³/mol. The number of hydrogen-bond donors (Lipinski definition) is 2. The van der Waals surface area contributed by atoms with E-state index in [1.54, 1.807) is 36.9 Å². The van der Waals surface area contributed by atoms with Crippen LogP contribution in [-0.4, -0.2) is 85.8 Å². The number of amides is 1. The molecule has 0 radical (unpaired) electrons. The Morgan fingerprint density at radius 2 is 1.90 bits per heavy atom. The maximum atomic E-state index is 15.4. The zero-order chi connectivity index (χ0) is 28.7. The van der Waals surface area contributed by atoms with Crippen LogP contribution >= 0.6 is 0 Å². The van der Waals surface area contributed by atoms with Crippen LogP contribution in [0.5, 0.6) is 0 Å². The van der Waals surface area contributed by atoms with Gasteiger partial charge in [-0.25, -0.2) is 13.9 Å². The van der Waals surface area contributed by atoms with Gasteiger partial charge in [-0.2, -0.15) is 20.1 Å². The summed E-state index contributed by atoms with van der Waals surface area (Å²) in [6.07, 6.45) is 8.05. The lowest BCUT2D eigenvalue weighted by molar-refractivity contribution is 0.0963. The second kappa shape index (κ2) is 11.2. The molecule has 0 aliphatic carbocycles. The fraction of sp³-hybridized carbons (Fsp3) is 0.483. The quantitative estimate of drug-likeness (QED) is 0.351. The minimum atomic E-state index is -0.413. The first-order chi connectivity index (χ1) is 19.8. The van der Waals surface area contributed by atoms with Gasteiger partial charge in [0.25, 0.3) is 5.91 Å². The van der Waals surface area contributed by atoms with Crippen LogP contribution in [0.25, 0.3) is 28.0 Å². The van der Waals surface area contributed by atoms with Gasteiger partial charge in [0.05, 0.1) is 36.6 Å². The molecular formula is C29H36FN9O2. The number of carbonyl (C=O) groups is 1. The van der Waals surface area contributed by atoms with Crippen molar-refractivity contribution in [3.8, 4) is 22.4 Å². The van der Waals surface area contributed by atoms with E-state index in [-0.39, 0.29) is 23.6 Å². The summed E-state index contributed by atoms with van der Waals surface area (Å²) in [6, 6.07) is 3.94. The van der Waals surface area contributed by atoms with Gasteiger partial charge in [0.1, 0.15) is 17.3 Å². The summed E-state index contributed by atoms with van der Waals surface area (Å²) in [5.74, 6) is -0.0952. The second-order valence-corrected chi connectivity index (χ2v) is 11.2. The highest BCUT2D eigenvalue weighted by molar-refractivity contribution is 5.96. The number of carbonyl (C=O) groups excluding carboxylic acids is 1. The molecular weight excluding hydrogens is 525 g/mol. The first-order valence-corrected chi connectivity index (χ1v) is 14.2. The van der Waals surface area contributed by atoms with Crippen molar-refractivity contribution in [1.82, 2.24) is 39.8 Å². The molecule has 0 bridgehead atoms. The Morgan fingerprint density at radius 1 is 1.10 bits per heavy atom. The van der Waals surface area contributed by atoms with Crippen LogP contribution in [0.3, 0.4) is 0 Å². The van der Waals surface area contributed by atoms with Crippen molar-refractivity contribution in [3.05, 3.63) is 47.7 Å². The number of ether oxygens (including phenoxy) is 1. The molecule has 0 saturated carbocycles. The molecule has 11 nitrogen and oxygen atoms in total. The smallest absolute Gasteiger partial charge is 0.251 e. The molecule has 2 N–H and O–H groups in total. The molecule has 5 heterocycles. The third-order valence-electron chi connectivity index (χ3n) is 8.14. The first kappa shape index (κ1) is 27.3. The summed E-state index contributed by atoms with van der Waals surface area (Å²) in [5.41, 5.74) is 3.41. The number of aryl methyl sites for hydroxylation is 1. The van der Waals surface area contributed by atoms with Crippen LogP contribution in [0.1, 0.15) is 55.1 Å². The number of piperidine rings is 1. The minimum absolute atomic E-state index is 0.0843. The van der Waals surface area contributed by atoms with E-state index in [9.17, 15) is 4.79 Å². The van der Waals surface area contributed by atoms with Crippen molar-refractivity contribution >= 4 is 17.4 Å². The van der Waals surface area contributed by atoms with Crippen molar-refractivity contribution in [1.29, 1.82) is 0 Å². The Labute approximate surface area is 238 Å². The van der Waals surface area contributed by atoms with Crippen LogP contribution in [0.15, 0.2) is 30.7 Å². The molecule has 1 atom stereocenters. The Hall–Kier alpha value is -3.90. The third-order valence-corrected chi connectivity index (χ3v) is 8.14. The number of rotatable bonds is 7.